The van der Waals surface area contributed by atoms with Crippen molar-refractivity contribution in [2.45, 2.75) is 18.7 Å². The van der Waals surface area contributed by atoms with E-state index in [1.807, 2.05) is 19.9 Å². The van der Waals surface area contributed by atoms with E-state index in [4.69, 9.17) is 4.74 Å². The van der Waals surface area contributed by atoms with E-state index in [0.717, 1.165) is 17.2 Å². The van der Waals surface area contributed by atoms with Gasteiger partial charge in [0, 0.05) is 5.56 Å². The average Bonchev–Trinajstić information content (AvgIpc) is 2.79. The van der Waals surface area contributed by atoms with Gasteiger partial charge in [0.2, 0.25) is 0 Å². The van der Waals surface area contributed by atoms with Crippen LogP contribution >= 0.6 is 0 Å². The molecule has 0 saturated carbocycles. The first kappa shape index (κ1) is 23.7. The van der Waals surface area contributed by atoms with Crippen molar-refractivity contribution in [2.24, 2.45) is 0 Å². The summed E-state index contributed by atoms with van der Waals surface area (Å²) in [4.78, 5) is 24.0. The van der Waals surface area contributed by atoms with Crippen LogP contribution in [-0.2, 0) is 14.8 Å². The number of sulfonamides is 1. The molecule has 0 unspecified atom stereocenters. The number of para-hydroxylation sites is 1. The number of hydrazine groups is 1. The van der Waals surface area contributed by atoms with Gasteiger partial charge < -0.3 is 4.74 Å². The first-order valence-electron chi connectivity index (χ1n) is 9.82. The number of rotatable bonds is 7. The SMILES string of the molecule is Cc1ccc(OCC(=O)NNC(=O)c2ccc(S(=O)(=O)Nc3ccccc3F)cc2)cc1C. The number of anilines is 1. The van der Waals surface area contributed by atoms with E-state index in [1.54, 1.807) is 12.1 Å². The predicted octanol–water partition coefficient (Wildman–Crippen LogP) is 3.08. The fraction of sp³-hybridized carbons (Fsp3) is 0.130. The number of aryl methyl sites for hydroxylation is 2. The topological polar surface area (TPSA) is 114 Å². The highest BCUT2D eigenvalue weighted by Gasteiger charge is 2.17. The molecule has 0 aliphatic rings. The molecule has 0 fully saturated rings. The molecule has 0 aliphatic heterocycles. The van der Waals surface area contributed by atoms with E-state index in [1.165, 1.54) is 42.5 Å². The zero-order chi connectivity index (χ0) is 24.0. The number of benzene rings is 3. The minimum Gasteiger partial charge on any atom is -0.484 e. The van der Waals surface area contributed by atoms with E-state index in [9.17, 15) is 22.4 Å². The summed E-state index contributed by atoms with van der Waals surface area (Å²) in [5, 5.41) is 0. The summed E-state index contributed by atoms with van der Waals surface area (Å²) in [7, 11) is -4.05. The third-order valence-electron chi connectivity index (χ3n) is 4.71. The highest BCUT2D eigenvalue weighted by molar-refractivity contribution is 7.92. The standard InChI is InChI=1S/C23H22FN3O5S/c1-15-7-10-18(13-16(15)2)32-14-22(28)25-26-23(29)17-8-11-19(12-9-17)33(30,31)27-21-6-4-3-5-20(21)24/h3-13,27H,14H2,1-2H3,(H,25,28)(H,26,29). The number of carbonyl (C=O) groups is 2. The lowest BCUT2D eigenvalue weighted by atomic mass is 10.1. The van der Waals surface area contributed by atoms with Crippen molar-refractivity contribution in [2.75, 3.05) is 11.3 Å². The normalized spacial score (nSPS) is 10.9. The molecule has 8 nitrogen and oxygen atoms in total. The number of carbonyl (C=O) groups excluding carboxylic acids is 2. The van der Waals surface area contributed by atoms with E-state index < -0.39 is 27.7 Å². The van der Waals surface area contributed by atoms with Crippen LogP contribution in [0.5, 0.6) is 5.75 Å². The van der Waals surface area contributed by atoms with Gasteiger partial charge in [0.25, 0.3) is 21.8 Å². The summed E-state index contributed by atoms with van der Waals surface area (Å²) in [6.07, 6.45) is 0. The minimum atomic E-state index is -4.05. The summed E-state index contributed by atoms with van der Waals surface area (Å²) in [6, 6.07) is 15.7. The number of halogens is 1. The molecular weight excluding hydrogens is 449 g/mol. The Labute approximate surface area is 190 Å². The van der Waals surface area contributed by atoms with Crippen LogP contribution in [0.25, 0.3) is 0 Å². The van der Waals surface area contributed by atoms with Gasteiger partial charge in [0.15, 0.2) is 6.61 Å². The lowest BCUT2D eigenvalue weighted by Gasteiger charge is -2.11. The van der Waals surface area contributed by atoms with Crippen molar-refractivity contribution in [3.05, 3.63) is 89.2 Å². The smallest absolute Gasteiger partial charge is 0.276 e. The van der Waals surface area contributed by atoms with Crippen LogP contribution in [0.2, 0.25) is 0 Å². The third kappa shape index (κ3) is 6.30. The molecular formula is C23H22FN3O5S. The molecule has 0 aliphatic carbocycles. The molecule has 10 heteroatoms. The van der Waals surface area contributed by atoms with E-state index in [0.29, 0.717) is 5.75 Å². The molecule has 0 bridgehead atoms. The van der Waals surface area contributed by atoms with Gasteiger partial charge in [-0.1, -0.05) is 18.2 Å². The van der Waals surface area contributed by atoms with Gasteiger partial charge >= 0.3 is 0 Å². The summed E-state index contributed by atoms with van der Waals surface area (Å²) in [6.45, 7) is 3.58. The highest BCUT2D eigenvalue weighted by atomic mass is 32.2. The Kier molecular flexibility index (Phi) is 7.29. The molecule has 3 rings (SSSR count). The van der Waals surface area contributed by atoms with Gasteiger partial charge in [0.1, 0.15) is 11.6 Å². The van der Waals surface area contributed by atoms with Crippen molar-refractivity contribution in [1.82, 2.24) is 10.9 Å². The van der Waals surface area contributed by atoms with Crippen molar-refractivity contribution in [3.8, 4) is 5.75 Å². The molecule has 172 valence electrons. The Morgan fingerprint density at radius 3 is 2.27 bits per heavy atom. The summed E-state index contributed by atoms with van der Waals surface area (Å²) < 4.78 is 46.1. The number of amides is 2. The first-order chi connectivity index (χ1) is 15.7. The molecule has 0 atom stereocenters. The van der Waals surface area contributed by atoms with Crippen molar-refractivity contribution in [1.29, 1.82) is 0 Å². The predicted molar refractivity (Wildman–Crippen MR) is 121 cm³/mol. The number of nitrogens with one attached hydrogen (secondary N) is 3. The lowest BCUT2D eigenvalue weighted by Crippen LogP contribution is -2.43. The van der Waals surface area contributed by atoms with Gasteiger partial charge in [0.05, 0.1) is 10.6 Å². The van der Waals surface area contributed by atoms with Crippen LogP contribution in [-0.4, -0.2) is 26.8 Å². The quantitative estimate of drug-likeness (QED) is 0.459. The molecule has 0 heterocycles. The molecule has 0 saturated heterocycles. The first-order valence-corrected chi connectivity index (χ1v) is 11.3. The van der Waals surface area contributed by atoms with Crippen LogP contribution in [0.4, 0.5) is 10.1 Å². The van der Waals surface area contributed by atoms with Gasteiger partial charge in [-0.25, -0.2) is 12.8 Å². The largest absolute Gasteiger partial charge is 0.484 e. The molecule has 0 spiro atoms. The van der Waals surface area contributed by atoms with Gasteiger partial charge in [-0.05, 0) is 73.5 Å². The van der Waals surface area contributed by atoms with Crippen molar-refractivity contribution < 1.29 is 27.1 Å². The second-order valence-corrected chi connectivity index (χ2v) is 8.83. The second kappa shape index (κ2) is 10.1. The van der Waals surface area contributed by atoms with Crippen LogP contribution in [0.3, 0.4) is 0 Å². The Bertz CT molecular complexity index is 1280. The Hall–Kier alpha value is -3.92. The third-order valence-corrected chi connectivity index (χ3v) is 6.09. The average molecular weight is 472 g/mol. The zero-order valence-corrected chi connectivity index (χ0v) is 18.7. The van der Waals surface area contributed by atoms with Crippen molar-refractivity contribution >= 4 is 27.5 Å². The maximum absolute atomic E-state index is 13.7. The number of hydrogen-bond donors (Lipinski definition) is 3. The molecule has 3 N–H and O–H groups in total. The number of ether oxygens (including phenoxy) is 1. The fourth-order valence-corrected chi connectivity index (χ4v) is 3.79. The summed E-state index contributed by atoms with van der Waals surface area (Å²) in [5.74, 6) is -1.41. The molecule has 0 radical (unpaired) electrons. The van der Waals surface area contributed by atoms with Gasteiger partial charge in [-0.3, -0.25) is 25.2 Å². The zero-order valence-electron chi connectivity index (χ0n) is 17.9. The Morgan fingerprint density at radius 1 is 0.909 bits per heavy atom. The van der Waals surface area contributed by atoms with Crippen LogP contribution in [0, 0.1) is 19.7 Å². The summed E-state index contributed by atoms with van der Waals surface area (Å²) in [5.41, 5.74) is 6.49. The monoisotopic (exact) mass is 471 g/mol. The lowest BCUT2D eigenvalue weighted by molar-refractivity contribution is -0.123. The van der Waals surface area contributed by atoms with Gasteiger partial charge in [-0.15, -0.1) is 0 Å². The Balaban J connectivity index is 1.53. The van der Waals surface area contributed by atoms with Crippen LogP contribution in [0.1, 0.15) is 21.5 Å². The molecule has 3 aromatic rings. The molecule has 33 heavy (non-hydrogen) atoms. The van der Waals surface area contributed by atoms with Crippen LogP contribution in [0.15, 0.2) is 71.6 Å². The molecule has 2 amide bonds. The van der Waals surface area contributed by atoms with E-state index in [2.05, 4.69) is 15.6 Å². The highest BCUT2D eigenvalue weighted by Crippen LogP contribution is 2.19. The Morgan fingerprint density at radius 2 is 1.61 bits per heavy atom. The maximum atomic E-state index is 13.7. The fourth-order valence-electron chi connectivity index (χ4n) is 2.72. The summed E-state index contributed by atoms with van der Waals surface area (Å²) >= 11 is 0. The van der Waals surface area contributed by atoms with Crippen molar-refractivity contribution in [3.63, 3.8) is 0 Å². The van der Waals surface area contributed by atoms with E-state index in [-0.39, 0.29) is 22.8 Å². The molecule has 3 aromatic carbocycles. The second-order valence-electron chi connectivity index (χ2n) is 7.15. The number of hydrogen-bond acceptors (Lipinski definition) is 5. The maximum Gasteiger partial charge on any atom is 0.276 e. The minimum absolute atomic E-state index is 0.107. The van der Waals surface area contributed by atoms with Crippen LogP contribution < -0.4 is 20.3 Å². The van der Waals surface area contributed by atoms with E-state index >= 15 is 0 Å². The molecule has 0 aromatic heterocycles. The van der Waals surface area contributed by atoms with Gasteiger partial charge in [-0.2, -0.15) is 0 Å².